The van der Waals surface area contributed by atoms with Gasteiger partial charge in [0, 0.05) is 5.69 Å². The first kappa shape index (κ1) is 12.0. The Kier molecular flexibility index (Phi) is 3.82. The van der Waals surface area contributed by atoms with Crippen LogP contribution in [0.4, 0.5) is 14.9 Å². The molecule has 16 heavy (non-hydrogen) atoms. The van der Waals surface area contributed by atoms with Crippen LogP contribution in [0.25, 0.3) is 0 Å². The van der Waals surface area contributed by atoms with Gasteiger partial charge < -0.3 is 15.7 Å². The monoisotopic (exact) mass is 226 g/mol. The highest BCUT2D eigenvalue weighted by Gasteiger charge is 2.06. The van der Waals surface area contributed by atoms with Crippen LogP contribution < -0.4 is 10.6 Å². The number of rotatable bonds is 3. The maximum absolute atomic E-state index is 12.7. The molecular formula is C10H11FN2O3. The Morgan fingerprint density at radius 2 is 2.12 bits per heavy atom. The highest BCUT2D eigenvalue weighted by Crippen LogP contribution is 2.15. The Morgan fingerprint density at radius 3 is 2.69 bits per heavy atom. The van der Waals surface area contributed by atoms with Crippen LogP contribution in [0.1, 0.15) is 5.56 Å². The largest absolute Gasteiger partial charge is 0.480 e. The first-order valence-electron chi connectivity index (χ1n) is 4.52. The molecule has 2 amide bonds. The molecule has 5 nitrogen and oxygen atoms in total. The van der Waals surface area contributed by atoms with E-state index in [1.807, 2.05) is 0 Å². The lowest BCUT2D eigenvalue weighted by molar-refractivity contribution is -0.135. The number of nitrogens with one attached hydrogen (secondary N) is 2. The topological polar surface area (TPSA) is 78.4 Å². The maximum atomic E-state index is 12.7. The molecule has 0 aliphatic heterocycles. The molecule has 86 valence electrons. The van der Waals surface area contributed by atoms with Crippen molar-refractivity contribution in [1.29, 1.82) is 0 Å². The number of carbonyl (C=O) groups is 2. The second-order valence-electron chi connectivity index (χ2n) is 3.16. The Bertz CT molecular complexity index is 421. The van der Waals surface area contributed by atoms with E-state index < -0.39 is 24.4 Å². The summed E-state index contributed by atoms with van der Waals surface area (Å²) in [7, 11) is 0. The van der Waals surface area contributed by atoms with Crippen molar-refractivity contribution >= 4 is 17.7 Å². The second-order valence-corrected chi connectivity index (χ2v) is 3.16. The molecule has 0 unspecified atom stereocenters. The molecule has 6 heteroatoms. The number of carboxylic acids is 1. The molecule has 0 atom stereocenters. The fourth-order valence-electron chi connectivity index (χ4n) is 1.09. The quantitative estimate of drug-likeness (QED) is 0.727. The molecule has 0 aliphatic carbocycles. The van der Waals surface area contributed by atoms with Crippen molar-refractivity contribution in [2.24, 2.45) is 0 Å². The summed E-state index contributed by atoms with van der Waals surface area (Å²) in [6.07, 6.45) is 0. The average molecular weight is 226 g/mol. The van der Waals surface area contributed by atoms with Crippen LogP contribution in [0.5, 0.6) is 0 Å². The molecule has 1 aromatic carbocycles. The normalized spacial score (nSPS) is 9.62. The average Bonchev–Trinajstić information content (AvgIpc) is 2.19. The molecule has 1 rings (SSSR count). The fourth-order valence-corrected chi connectivity index (χ4v) is 1.09. The lowest BCUT2D eigenvalue weighted by atomic mass is 10.2. The van der Waals surface area contributed by atoms with Gasteiger partial charge in [0.2, 0.25) is 0 Å². The van der Waals surface area contributed by atoms with Crippen molar-refractivity contribution in [2.45, 2.75) is 6.92 Å². The number of amides is 2. The van der Waals surface area contributed by atoms with Crippen LogP contribution >= 0.6 is 0 Å². The van der Waals surface area contributed by atoms with Gasteiger partial charge in [-0.15, -0.1) is 0 Å². The highest BCUT2D eigenvalue weighted by molar-refractivity contribution is 5.91. The van der Waals surface area contributed by atoms with Crippen molar-refractivity contribution in [3.63, 3.8) is 0 Å². The Labute approximate surface area is 91.3 Å². The van der Waals surface area contributed by atoms with E-state index in [-0.39, 0.29) is 0 Å². The molecule has 0 radical (unpaired) electrons. The summed E-state index contributed by atoms with van der Waals surface area (Å²) in [5.74, 6) is -1.53. The molecule has 0 aromatic heterocycles. The number of benzene rings is 1. The number of carbonyl (C=O) groups excluding carboxylic acids is 1. The van der Waals surface area contributed by atoms with Crippen LogP contribution in [0.2, 0.25) is 0 Å². The van der Waals surface area contributed by atoms with Gasteiger partial charge in [0.1, 0.15) is 12.4 Å². The number of aryl methyl sites for hydroxylation is 1. The van der Waals surface area contributed by atoms with Crippen LogP contribution in [-0.2, 0) is 4.79 Å². The third-order valence-corrected chi connectivity index (χ3v) is 1.84. The summed E-state index contributed by atoms with van der Waals surface area (Å²) in [6, 6.07) is 3.24. The molecule has 0 bridgehead atoms. The highest BCUT2D eigenvalue weighted by atomic mass is 19.1. The SMILES string of the molecule is Cc1cc(F)ccc1NC(=O)NCC(=O)O. The predicted octanol–water partition coefficient (Wildman–Crippen LogP) is 1.34. The van der Waals surface area contributed by atoms with Gasteiger partial charge >= 0.3 is 12.0 Å². The second kappa shape index (κ2) is 5.11. The number of hydrogen-bond donors (Lipinski definition) is 3. The Balaban J connectivity index is 2.59. The van der Waals surface area contributed by atoms with E-state index in [4.69, 9.17) is 5.11 Å². The molecule has 0 aliphatic rings. The van der Waals surface area contributed by atoms with Gasteiger partial charge in [-0.1, -0.05) is 0 Å². The molecule has 1 aromatic rings. The zero-order chi connectivity index (χ0) is 12.1. The minimum Gasteiger partial charge on any atom is -0.480 e. The van der Waals surface area contributed by atoms with Gasteiger partial charge in [0.15, 0.2) is 0 Å². The Hall–Kier alpha value is -2.11. The van der Waals surface area contributed by atoms with Crippen LogP contribution in [0, 0.1) is 12.7 Å². The maximum Gasteiger partial charge on any atom is 0.323 e. The van der Waals surface area contributed by atoms with E-state index in [0.29, 0.717) is 11.3 Å². The molecule has 0 fully saturated rings. The molecular weight excluding hydrogens is 215 g/mol. The van der Waals surface area contributed by atoms with Crippen molar-refractivity contribution < 1.29 is 19.1 Å². The fraction of sp³-hybridized carbons (Fsp3) is 0.200. The zero-order valence-corrected chi connectivity index (χ0v) is 8.58. The summed E-state index contributed by atoms with van der Waals surface area (Å²) in [5.41, 5.74) is 0.995. The third-order valence-electron chi connectivity index (χ3n) is 1.84. The van der Waals surface area contributed by atoms with E-state index in [1.54, 1.807) is 6.92 Å². The molecule has 0 saturated heterocycles. The van der Waals surface area contributed by atoms with Crippen LogP contribution in [0.15, 0.2) is 18.2 Å². The van der Waals surface area contributed by atoms with Crippen LogP contribution in [-0.4, -0.2) is 23.7 Å². The van der Waals surface area contributed by atoms with E-state index in [1.165, 1.54) is 18.2 Å². The minimum atomic E-state index is -1.13. The number of halogens is 1. The summed E-state index contributed by atoms with van der Waals surface area (Å²) in [5, 5.41) is 12.9. The summed E-state index contributed by atoms with van der Waals surface area (Å²) in [4.78, 5) is 21.4. The molecule has 0 spiro atoms. The van der Waals surface area contributed by atoms with E-state index in [2.05, 4.69) is 10.6 Å². The zero-order valence-electron chi connectivity index (χ0n) is 8.58. The molecule has 0 heterocycles. The summed E-state index contributed by atoms with van der Waals surface area (Å²) in [6.45, 7) is 1.17. The smallest absolute Gasteiger partial charge is 0.323 e. The van der Waals surface area contributed by atoms with Gasteiger partial charge in [-0.2, -0.15) is 0 Å². The number of aliphatic carboxylic acids is 1. The number of hydrogen-bond acceptors (Lipinski definition) is 2. The van der Waals surface area contributed by atoms with Gasteiger partial charge in [-0.25, -0.2) is 9.18 Å². The van der Waals surface area contributed by atoms with Gasteiger partial charge in [0.05, 0.1) is 0 Å². The van der Waals surface area contributed by atoms with Crippen molar-refractivity contribution in [2.75, 3.05) is 11.9 Å². The predicted molar refractivity (Wildman–Crippen MR) is 55.8 cm³/mol. The first-order valence-corrected chi connectivity index (χ1v) is 4.52. The summed E-state index contributed by atoms with van der Waals surface area (Å²) >= 11 is 0. The number of urea groups is 1. The Morgan fingerprint density at radius 1 is 1.44 bits per heavy atom. The van der Waals surface area contributed by atoms with Crippen molar-refractivity contribution in [3.8, 4) is 0 Å². The van der Waals surface area contributed by atoms with E-state index >= 15 is 0 Å². The van der Waals surface area contributed by atoms with E-state index in [0.717, 1.165) is 0 Å². The summed E-state index contributed by atoms with van der Waals surface area (Å²) < 4.78 is 12.7. The lowest BCUT2D eigenvalue weighted by Gasteiger charge is -2.08. The van der Waals surface area contributed by atoms with Crippen molar-refractivity contribution in [3.05, 3.63) is 29.6 Å². The molecule has 3 N–H and O–H groups in total. The van der Waals surface area contributed by atoms with Crippen molar-refractivity contribution in [1.82, 2.24) is 5.32 Å². The van der Waals surface area contributed by atoms with Gasteiger partial charge in [0.25, 0.3) is 0 Å². The van der Waals surface area contributed by atoms with E-state index in [9.17, 15) is 14.0 Å². The standard InChI is InChI=1S/C10H11FN2O3/c1-6-4-7(11)2-3-8(6)13-10(16)12-5-9(14)15/h2-4H,5H2,1H3,(H,14,15)(H2,12,13,16). The molecule has 0 saturated carbocycles. The third kappa shape index (κ3) is 3.56. The number of carboxylic acid groups (broad SMARTS) is 1. The minimum absolute atomic E-state index is 0.394. The first-order chi connectivity index (χ1) is 7.49. The lowest BCUT2D eigenvalue weighted by Crippen LogP contribution is -2.33. The van der Waals surface area contributed by atoms with Crippen LogP contribution in [0.3, 0.4) is 0 Å². The number of anilines is 1. The van der Waals surface area contributed by atoms with Gasteiger partial charge in [-0.05, 0) is 30.7 Å². The van der Waals surface area contributed by atoms with Gasteiger partial charge in [-0.3, -0.25) is 4.79 Å².